The lowest BCUT2D eigenvalue weighted by Gasteiger charge is -2.36. The predicted molar refractivity (Wildman–Crippen MR) is 62.8 cm³/mol. The second kappa shape index (κ2) is 4.29. The molecule has 0 spiro atoms. The quantitative estimate of drug-likeness (QED) is 0.713. The van der Waals surface area contributed by atoms with Crippen molar-refractivity contribution in [1.82, 2.24) is 0 Å². The highest BCUT2D eigenvalue weighted by Crippen LogP contribution is 2.25. The van der Waals surface area contributed by atoms with Crippen molar-refractivity contribution in [2.24, 2.45) is 5.92 Å². The summed E-state index contributed by atoms with van der Waals surface area (Å²) >= 11 is 0. The van der Waals surface area contributed by atoms with E-state index in [9.17, 15) is 9.50 Å². The van der Waals surface area contributed by atoms with Crippen LogP contribution in [-0.4, -0.2) is 24.3 Å². The molecular weight excluding hydrogens is 207 g/mol. The second-order valence-corrected chi connectivity index (χ2v) is 4.52. The number of nitrogens with zero attached hydrogens (tertiary/aromatic N) is 1. The summed E-state index contributed by atoms with van der Waals surface area (Å²) in [5.41, 5.74) is 6.85. The second-order valence-electron chi connectivity index (χ2n) is 4.52. The van der Waals surface area contributed by atoms with Crippen molar-refractivity contribution < 1.29 is 9.50 Å². The number of rotatable bonds is 1. The molecule has 1 heterocycles. The van der Waals surface area contributed by atoms with Gasteiger partial charge < -0.3 is 15.7 Å². The summed E-state index contributed by atoms with van der Waals surface area (Å²) in [5, 5.41) is 9.63. The Kier molecular flexibility index (Phi) is 3.01. The summed E-state index contributed by atoms with van der Waals surface area (Å²) in [6.45, 7) is 3.48. The highest BCUT2D eigenvalue weighted by molar-refractivity contribution is 5.56. The van der Waals surface area contributed by atoms with Gasteiger partial charge in [-0.05, 0) is 30.5 Å². The van der Waals surface area contributed by atoms with E-state index in [0.717, 1.165) is 25.2 Å². The third-order valence-corrected chi connectivity index (χ3v) is 3.13. The average Bonchev–Trinajstić information content (AvgIpc) is 2.20. The van der Waals surface area contributed by atoms with Gasteiger partial charge in [-0.2, -0.15) is 0 Å². The van der Waals surface area contributed by atoms with Crippen LogP contribution in [0, 0.1) is 11.7 Å². The molecule has 2 atom stereocenters. The summed E-state index contributed by atoms with van der Waals surface area (Å²) < 4.78 is 13.2. The highest BCUT2D eigenvalue weighted by atomic mass is 19.1. The summed E-state index contributed by atoms with van der Waals surface area (Å²) in [6, 6.07) is 4.57. The summed E-state index contributed by atoms with van der Waals surface area (Å²) in [7, 11) is 0. The first-order valence-electron chi connectivity index (χ1n) is 5.55. The standard InChI is InChI=1S/C12H17FN2O/c1-8-7-15(3-2-12(8)16)11-5-9(13)4-10(14)6-11/h4-6,8,12,16H,2-3,7,14H2,1H3. The molecule has 0 amide bonds. The Morgan fingerprint density at radius 1 is 1.44 bits per heavy atom. The van der Waals surface area contributed by atoms with E-state index in [1.807, 2.05) is 6.92 Å². The fourth-order valence-electron chi connectivity index (χ4n) is 2.15. The van der Waals surface area contributed by atoms with Crippen molar-refractivity contribution in [2.75, 3.05) is 23.7 Å². The minimum atomic E-state index is -0.311. The molecule has 2 unspecified atom stereocenters. The van der Waals surface area contributed by atoms with Crippen LogP contribution in [0.5, 0.6) is 0 Å². The Morgan fingerprint density at radius 2 is 2.19 bits per heavy atom. The van der Waals surface area contributed by atoms with E-state index in [1.165, 1.54) is 12.1 Å². The van der Waals surface area contributed by atoms with Crippen LogP contribution >= 0.6 is 0 Å². The molecule has 16 heavy (non-hydrogen) atoms. The minimum Gasteiger partial charge on any atom is -0.399 e. The number of aliphatic hydroxyl groups excluding tert-OH is 1. The summed E-state index contributed by atoms with van der Waals surface area (Å²) in [6.07, 6.45) is 0.472. The van der Waals surface area contributed by atoms with Gasteiger partial charge >= 0.3 is 0 Å². The normalized spacial score (nSPS) is 25.8. The number of halogens is 1. The molecular formula is C12H17FN2O. The minimum absolute atomic E-state index is 0.207. The van der Waals surface area contributed by atoms with Gasteiger partial charge in [0.25, 0.3) is 0 Å². The zero-order chi connectivity index (χ0) is 11.7. The molecule has 2 rings (SSSR count). The van der Waals surface area contributed by atoms with Crippen LogP contribution in [0.25, 0.3) is 0 Å². The molecule has 0 bridgehead atoms. The van der Waals surface area contributed by atoms with Crippen LogP contribution in [0.2, 0.25) is 0 Å². The Bertz CT molecular complexity index is 363. The number of aliphatic hydroxyl groups is 1. The van der Waals surface area contributed by atoms with Crippen LogP contribution in [0.1, 0.15) is 13.3 Å². The lowest BCUT2D eigenvalue weighted by atomic mass is 9.96. The molecule has 1 aliphatic rings. The Labute approximate surface area is 94.7 Å². The molecule has 88 valence electrons. The molecule has 1 fully saturated rings. The Balaban J connectivity index is 2.18. The Morgan fingerprint density at radius 3 is 2.81 bits per heavy atom. The summed E-state index contributed by atoms with van der Waals surface area (Å²) in [5.74, 6) is -0.105. The number of hydrogen-bond donors (Lipinski definition) is 2. The number of piperidine rings is 1. The molecule has 4 heteroatoms. The average molecular weight is 224 g/mol. The highest BCUT2D eigenvalue weighted by Gasteiger charge is 2.24. The number of benzene rings is 1. The van der Waals surface area contributed by atoms with Gasteiger partial charge in [0.05, 0.1) is 6.10 Å². The van der Waals surface area contributed by atoms with Crippen LogP contribution in [0.3, 0.4) is 0 Å². The lowest BCUT2D eigenvalue weighted by molar-refractivity contribution is 0.0971. The van der Waals surface area contributed by atoms with E-state index in [0.29, 0.717) is 5.69 Å². The number of hydrogen-bond acceptors (Lipinski definition) is 3. The van der Waals surface area contributed by atoms with Gasteiger partial charge in [0, 0.05) is 24.5 Å². The molecule has 3 nitrogen and oxygen atoms in total. The summed E-state index contributed by atoms with van der Waals surface area (Å²) in [4.78, 5) is 2.07. The first-order valence-corrected chi connectivity index (χ1v) is 5.55. The fourth-order valence-corrected chi connectivity index (χ4v) is 2.15. The first kappa shape index (κ1) is 11.2. The van der Waals surface area contributed by atoms with Crippen LogP contribution in [0.15, 0.2) is 18.2 Å². The van der Waals surface area contributed by atoms with E-state index in [-0.39, 0.29) is 17.8 Å². The van der Waals surface area contributed by atoms with E-state index in [2.05, 4.69) is 4.90 Å². The zero-order valence-corrected chi connectivity index (χ0v) is 9.36. The molecule has 0 aromatic heterocycles. The van der Waals surface area contributed by atoms with Gasteiger partial charge in [0.1, 0.15) is 5.82 Å². The predicted octanol–water partition coefficient (Wildman–Crippen LogP) is 1.61. The molecule has 1 aromatic carbocycles. The Hall–Kier alpha value is -1.29. The first-order chi connectivity index (χ1) is 7.56. The van der Waals surface area contributed by atoms with Crippen LogP contribution < -0.4 is 10.6 Å². The lowest BCUT2D eigenvalue weighted by Crippen LogP contribution is -2.42. The molecule has 0 saturated carbocycles. The smallest absolute Gasteiger partial charge is 0.127 e. The fraction of sp³-hybridized carbons (Fsp3) is 0.500. The monoisotopic (exact) mass is 224 g/mol. The van der Waals surface area contributed by atoms with Gasteiger partial charge in [0.15, 0.2) is 0 Å². The third kappa shape index (κ3) is 2.27. The van der Waals surface area contributed by atoms with E-state index >= 15 is 0 Å². The SMILES string of the molecule is CC1CN(c2cc(N)cc(F)c2)CCC1O. The molecule has 1 saturated heterocycles. The molecule has 0 aliphatic carbocycles. The maximum atomic E-state index is 13.2. The maximum Gasteiger partial charge on any atom is 0.127 e. The van der Waals surface area contributed by atoms with Gasteiger partial charge in [-0.1, -0.05) is 6.92 Å². The molecule has 1 aromatic rings. The van der Waals surface area contributed by atoms with E-state index in [4.69, 9.17) is 5.73 Å². The molecule has 1 aliphatic heterocycles. The zero-order valence-electron chi connectivity index (χ0n) is 9.36. The van der Waals surface area contributed by atoms with Gasteiger partial charge in [-0.3, -0.25) is 0 Å². The number of anilines is 2. The van der Waals surface area contributed by atoms with Crippen molar-refractivity contribution in [3.63, 3.8) is 0 Å². The van der Waals surface area contributed by atoms with Crippen LogP contribution in [0.4, 0.5) is 15.8 Å². The van der Waals surface area contributed by atoms with Gasteiger partial charge in [-0.15, -0.1) is 0 Å². The van der Waals surface area contributed by atoms with E-state index in [1.54, 1.807) is 6.07 Å². The van der Waals surface area contributed by atoms with E-state index < -0.39 is 0 Å². The van der Waals surface area contributed by atoms with Crippen molar-refractivity contribution in [3.05, 3.63) is 24.0 Å². The maximum absolute atomic E-state index is 13.2. The number of nitrogen functional groups attached to an aromatic ring is 1. The third-order valence-electron chi connectivity index (χ3n) is 3.13. The van der Waals surface area contributed by atoms with Crippen molar-refractivity contribution in [3.8, 4) is 0 Å². The van der Waals surface area contributed by atoms with Crippen molar-refractivity contribution in [2.45, 2.75) is 19.4 Å². The van der Waals surface area contributed by atoms with Gasteiger partial charge in [-0.25, -0.2) is 4.39 Å². The van der Waals surface area contributed by atoms with Gasteiger partial charge in [0.2, 0.25) is 0 Å². The topological polar surface area (TPSA) is 49.5 Å². The largest absolute Gasteiger partial charge is 0.399 e. The van der Waals surface area contributed by atoms with Crippen molar-refractivity contribution >= 4 is 11.4 Å². The van der Waals surface area contributed by atoms with Crippen LogP contribution in [-0.2, 0) is 0 Å². The molecule has 0 radical (unpaired) electrons. The van der Waals surface area contributed by atoms with Crippen molar-refractivity contribution in [1.29, 1.82) is 0 Å². The molecule has 3 N–H and O–H groups in total. The number of nitrogens with two attached hydrogens (primary N) is 1.